The van der Waals surface area contributed by atoms with Gasteiger partial charge in [0.15, 0.2) is 11.5 Å². The molecule has 7 heteroatoms. The number of nitrogens with one attached hydrogen (secondary N) is 2. The average Bonchev–Trinajstić information content (AvgIpc) is 3.53. The van der Waals surface area contributed by atoms with Gasteiger partial charge in [-0.15, -0.1) is 0 Å². The Morgan fingerprint density at radius 3 is 2.28 bits per heavy atom. The maximum Gasteiger partial charge on any atom is 0.338 e. The van der Waals surface area contributed by atoms with Gasteiger partial charge in [0.05, 0.1) is 26.4 Å². The topological polar surface area (TPSA) is 85.9 Å². The molecule has 0 saturated heterocycles. The van der Waals surface area contributed by atoms with Gasteiger partial charge in [0, 0.05) is 17.6 Å². The molecule has 154 valence electrons. The summed E-state index contributed by atoms with van der Waals surface area (Å²) in [5.74, 6) is 0.987. The fraction of sp³-hybridized carbons (Fsp3) is 0.364. The maximum absolute atomic E-state index is 12.3. The number of anilines is 1. The van der Waals surface area contributed by atoms with Crippen LogP contribution >= 0.6 is 0 Å². The Morgan fingerprint density at radius 2 is 1.69 bits per heavy atom. The molecular formula is C22H26N2O5. The smallest absolute Gasteiger partial charge is 0.338 e. The Hall–Kier alpha value is -3.22. The second kappa shape index (κ2) is 8.86. The van der Waals surface area contributed by atoms with Gasteiger partial charge in [-0.25, -0.2) is 9.59 Å². The normalized spacial score (nSPS) is 13.9. The molecule has 1 aliphatic carbocycles. The maximum atomic E-state index is 12.3. The number of esters is 1. The molecule has 1 fully saturated rings. The molecular weight excluding hydrogens is 372 g/mol. The average molecular weight is 398 g/mol. The summed E-state index contributed by atoms with van der Waals surface area (Å²) in [6, 6.07) is 12.2. The number of urea groups is 1. The lowest BCUT2D eigenvalue weighted by Gasteiger charge is -2.19. The van der Waals surface area contributed by atoms with Crippen LogP contribution in [0.15, 0.2) is 42.5 Å². The molecule has 29 heavy (non-hydrogen) atoms. The lowest BCUT2D eigenvalue weighted by molar-refractivity contribution is 0.0526. The molecule has 0 atom stereocenters. The minimum absolute atomic E-state index is 0.0787. The molecule has 0 radical (unpaired) electrons. The van der Waals surface area contributed by atoms with E-state index in [0.29, 0.717) is 35.9 Å². The molecule has 1 saturated carbocycles. The third kappa shape index (κ3) is 4.80. The van der Waals surface area contributed by atoms with E-state index in [1.807, 2.05) is 18.2 Å². The molecule has 0 heterocycles. The molecule has 0 bridgehead atoms. The summed E-state index contributed by atoms with van der Waals surface area (Å²) in [5.41, 5.74) is 2.09. The van der Waals surface area contributed by atoms with Gasteiger partial charge in [-0.3, -0.25) is 0 Å². The highest BCUT2D eigenvalue weighted by atomic mass is 16.5. The van der Waals surface area contributed by atoms with Gasteiger partial charge in [-0.1, -0.05) is 6.07 Å². The van der Waals surface area contributed by atoms with Crippen molar-refractivity contribution in [2.24, 2.45) is 0 Å². The van der Waals surface area contributed by atoms with E-state index in [-0.39, 0.29) is 17.4 Å². The van der Waals surface area contributed by atoms with Crippen LogP contribution in [-0.2, 0) is 10.2 Å². The van der Waals surface area contributed by atoms with Crippen molar-refractivity contribution < 1.29 is 23.8 Å². The Labute approximate surface area is 170 Å². The first-order chi connectivity index (χ1) is 14.0. The number of carbonyl (C=O) groups excluding carboxylic acids is 2. The van der Waals surface area contributed by atoms with Crippen LogP contribution in [0, 0.1) is 0 Å². The lowest BCUT2D eigenvalue weighted by Crippen LogP contribution is -2.35. The molecule has 0 aliphatic heterocycles. The predicted molar refractivity (Wildman–Crippen MR) is 110 cm³/mol. The minimum Gasteiger partial charge on any atom is -0.493 e. The van der Waals surface area contributed by atoms with Crippen LogP contribution in [0.25, 0.3) is 0 Å². The van der Waals surface area contributed by atoms with Crippen LogP contribution in [0.3, 0.4) is 0 Å². The van der Waals surface area contributed by atoms with Crippen LogP contribution in [0.1, 0.15) is 35.7 Å². The molecule has 2 aromatic carbocycles. The van der Waals surface area contributed by atoms with Crippen LogP contribution in [-0.4, -0.2) is 39.4 Å². The van der Waals surface area contributed by atoms with Crippen molar-refractivity contribution in [1.82, 2.24) is 5.32 Å². The number of hydrogen-bond donors (Lipinski definition) is 2. The number of benzene rings is 2. The molecule has 1 aliphatic rings. The number of amides is 2. The Kier molecular flexibility index (Phi) is 6.26. The zero-order chi connectivity index (χ0) is 20.9. The number of hydrogen-bond acceptors (Lipinski definition) is 5. The number of ether oxygens (including phenoxy) is 3. The second-order valence-corrected chi connectivity index (χ2v) is 6.96. The fourth-order valence-electron chi connectivity index (χ4n) is 3.21. The highest BCUT2D eigenvalue weighted by Crippen LogP contribution is 2.49. The van der Waals surface area contributed by atoms with Crippen molar-refractivity contribution in [3.05, 3.63) is 53.6 Å². The third-order valence-corrected chi connectivity index (χ3v) is 5.09. The van der Waals surface area contributed by atoms with Gasteiger partial charge >= 0.3 is 12.0 Å². The first-order valence-electron chi connectivity index (χ1n) is 9.56. The van der Waals surface area contributed by atoms with Crippen molar-refractivity contribution in [3.63, 3.8) is 0 Å². The van der Waals surface area contributed by atoms with E-state index < -0.39 is 0 Å². The Balaban J connectivity index is 1.57. The van der Waals surface area contributed by atoms with Gasteiger partial charge in [-0.05, 0) is 61.7 Å². The molecule has 2 N–H and O–H groups in total. The van der Waals surface area contributed by atoms with Crippen LogP contribution in [0.5, 0.6) is 11.5 Å². The van der Waals surface area contributed by atoms with Gasteiger partial charge < -0.3 is 24.8 Å². The number of carbonyl (C=O) groups is 2. The minimum atomic E-state index is -0.380. The van der Waals surface area contributed by atoms with E-state index in [2.05, 4.69) is 10.6 Å². The molecule has 0 aromatic heterocycles. The zero-order valence-corrected chi connectivity index (χ0v) is 16.9. The lowest BCUT2D eigenvalue weighted by atomic mass is 9.95. The summed E-state index contributed by atoms with van der Waals surface area (Å²) in [4.78, 5) is 24.0. The van der Waals surface area contributed by atoms with Crippen molar-refractivity contribution in [3.8, 4) is 11.5 Å². The van der Waals surface area contributed by atoms with E-state index in [1.165, 1.54) is 0 Å². The van der Waals surface area contributed by atoms with Crippen molar-refractivity contribution in [2.75, 3.05) is 32.7 Å². The highest BCUT2D eigenvalue weighted by molar-refractivity contribution is 5.92. The van der Waals surface area contributed by atoms with Crippen molar-refractivity contribution in [2.45, 2.75) is 25.2 Å². The molecule has 0 unspecified atom stereocenters. The van der Waals surface area contributed by atoms with E-state index in [1.54, 1.807) is 45.4 Å². The van der Waals surface area contributed by atoms with Gasteiger partial charge in [0.1, 0.15) is 0 Å². The van der Waals surface area contributed by atoms with Crippen molar-refractivity contribution >= 4 is 17.7 Å². The summed E-state index contributed by atoms with van der Waals surface area (Å²) in [6.07, 6.45) is 1.99. The van der Waals surface area contributed by atoms with Crippen LogP contribution < -0.4 is 20.1 Å². The van der Waals surface area contributed by atoms with Crippen molar-refractivity contribution in [1.29, 1.82) is 0 Å². The van der Waals surface area contributed by atoms with E-state index >= 15 is 0 Å². The number of rotatable bonds is 8. The molecule has 7 nitrogen and oxygen atoms in total. The first kappa shape index (κ1) is 20.5. The van der Waals surface area contributed by atoms with Gasteiger partial charge in [-0.2, -0.15) is 0 Å². The molecule has 0 spiro atoms. The quantitative estimate of drug-likeness (QED) is 0.662. The van der Waals surface area contributed by atoms with E-state index in [4.69, 9.17) is 14.2 Å². The van der Waals surface area contributed by atoms with Crippen LogP contribution in [0.2, 0.25) is 0 Å². The third-order valence-electron chi connectivity index (χ3n) is 5.09. The van der Waals surface area contributed by atoms with Gasteiger partial charge in [0.2, 0.25) is 0 Å². The second-order valence-electron chi connectivity index (χ2n) is 6.96. The highest BCUT2D eigenvalue weighted by Gasteiger charge is 2.44. The summed E-state index contributed by atoms with van der Waals surface area (Å²) < 4.78 is 15.6. The first-order valence-corrected chi connectivity index (χ1v) is 9.56. The summed E-state index contributed by atoms with van der Waals surface area (Å²) in [7, 11) is 3.22. The molecule has 2 amide bonds. The Bertz CT molecular complexity index is 875. The monoisotopic (exact) mass is 398 g/mol. The molecule has 2 aromatic rings. The Morgan fingerprint density at radius 1 is 1.00 bits per heavy atom. The standard InChI is InChI=1S/C22H26N2O5/c1-4-29-20(25)15-5-8-17(9-6-15)24-21(26)23-14-22(11-12-22)16-7-10-18(27-2)19(13-16)28-3/h5-10,13H,4,11-12,14H2,1-3H3,(H2,23,24,26). The summed E-state index contributed by atoms with van der Waals surface area (Å²) in [5, 5.41) is 5.73. The van der Waals surface area contributed by atoms with E-state index in [9.17, 15) is 9.59 Å². The predicted octanol–water partition coefficient (Wildman–Crippen LogP) is 3.73. The summed E-state index contributed by atoms with van der Waals surface area (Å²) in [6.45, 7) is 2.60. The SMILES string of the molecule is CCOC(=O)c1ccc(NC(=O)NCC2(c3ccc(OC)c(OC)c3)CC2)cc1. The molecule has 3 rings (SSSR count). The largest absolute Gasteiger partial charge is 0.493 e. The van der Waals surface area contributed by atoms with Crippen LogP contribution in [0.4, 0.5) is 10.5 Å². The van der Waals surface area contributed by atoms with E-state index in [0.717, 1.165) is 18.4 Å². The summed E-state index contributed by atoms with van der Waals surface area (Å²) >= 11 is 0. The number of methoxy groups -OCH3 is 2. The van der Waals surface area contributed by atoms with Gasteiger partial charge in [0.25, 0.3) is 0 Å². The zero-order valence-electron chi connectivity index (χ0n) is 16.9. The fourth-order valence-corrected chi connectivity index (χ4v) is 3.21.